The summed E-state index contributed by atoms with van der Waals surface area (Å²) >= 11 is 0. The van der Waals surface area contributed by atoms with E-state index in [1.165, 1.54) is 0 Å². The molecule has 2 aromatic rings. The predicted molar refractivity (Wildman–Crippen MR) is 158 cm³/mol. The third-order valence-corrected chi connectivity index (χ3v) is 10.5. The zero-order chi connectivity index (χ0) is 31.9. The zero-order valence-corrected chi connectivity index (χ0v) is 25.4. The van der Waals surface area contributed by atoms with Crippen LogP contribution in [0.25, 0.3) is 0 Å². The zero-order valence-electron chi connectivity index (χ0n) is 25.4. The molecular formula is C35H38O10. The first-order valence-electron chi connectivity index (χ1n) is 15.4. The number of hydrogen-bond acceptors (Lipinski definition) is 10. The molecule has 1 saturated carbocycles. The number of carbonyl (C=O) groups excluding carboxylic acids is 2. The van der Waals surface area contributed by atoms with Crippen LogP contribution in [-0.4, -0.2) is 81.5 Å². The Morgan fingerprint density at radius 3 is 2.38 bits per heavy atom. The molecule has 10 heteroatoms. The lowest BCUT2D eigenvalue weighted by molar-refractivity contribution is -0.356. The van der Waals surface area contributed by atoms with Gasteiger partial charge in [-0.05, 0) is 43.5 Å². The number of epoxide rings is 1. The lowest BCUT2D eigenvalue weighted by atomic mass is 9.71. The van der Waals surface area contributed by atoms with Crippen molar-refractivity contribution in [3.05, 3.63) is 95.6 Å². The lowest BCUT2D eigenvalue weighted by Crippen LogP contribution is -2.59. The van der Waals surface area contributed by atoms with Crippen LogP contribution in [0.1, 0.15) is 43.1 Å². The van der Waals surface area contributed by atoms with Crippen LogP contribution in [0, 0.1) is 17.8 Å². The Labute approximate surface area is 261 Å². The summed E-state index contributed by atoms with van der Waals surface area (Å²) < 4.78 is 32.7. The minimum atomic E-state index is -2.20. The largest absolute Gasteiger partial charge is 0.455 e. The summed E-state index contributed by atoms with van der Waals surface area (Å²) in [5, 5.41) is 33.9. The van der Waals surface area contributed by atoms with Gasteiger partial charge in [-0.25, -0.2) is 4.79 Å². The number of aliphatic hydroxyl groups is 3. The molecule has 0 aromatic heterocycles. The molecule has 45 heavy (non-hydrogen) atoms. The topological polar surface area (TPSA) is 144 Å². The molecule has 7 rings (SSSR count). The van der Waals surface area contributed by atoms with Gasteiger partial charge >= 0.3 is 11.9 Å². The molecule has 3 N–H and O–H groups in total. The standard InChI is InChI=1S/C35H38O10/c1-19(2)34-27(42-30(38)22-11-7-5-8-12-22)21(4)17-41-35(45-34,23-13-9-6-10-14-23)44-29(34)25-16-24-15-20(3)26(37)33(24,40)31(39)32(18-36)28(25)43-32/h5-15,21,24-25,27-29,31,36,39-40H,1,16-18H2,2-4H3/t21-,24?,25?,27+,28-,29+,31+,32-,33+,34-,35+/m0/s1. The number of Topliss-reactive ketones (excluding diaryl/α,β-unsaturated/α-hetero) is 1. The maximum absolute atomic E-state index is 13.6. The van der Waals surface area contributed by atoms with E-state index in [0.29, 0.717) is 22.3 Å². The van der Waals surface area contributed by atoms with E-state index in [2.05, 4.69) is 6.58 Å². The fourth-order valence-electron chi connectivity index (χ4n) is 8.11. The van der Waals surface area contributed by atoms with Gasteiger partial charge in [0, 0.05) is 23.3 Å². The molecule has 2 unspecified atom stereocenters. The Balaban J connectivity index is 1.39. The van der Waals surface area contributed by atoms with Crippen LogP contribution in [0.5, 0.6) is 0 Å². The Bertz CT molecular complexity index is 1560. The van der Waals surface area contributed by atoms with Gasteiger partial charge in [-0.2, -0.15) is 0 Å². The van der Waals surface area contributed by atoms with Crippen molar-refractivity contribution < 1.29 is 48.6 Å². The van der Waals surface area contributed by atoms with Gasteiger partial charge in [0.25, 0.3) is 0 Å². The maximum Gasteiger partial charge on any atom is 0.338 e. The van der Waals surface area contributed by atoms with Crippen LogP contribution in [0.4, 0.5) is 0 Å². The summed E-state index contributed by atoms with van der Waals surface area (Å²) in [4.78, 5) is 26.9. The van der Waals surface area contributed by atoms with Crippen molar-refractivity contribution in [3.8, 4) is 0 Å². The molecule has 4 fully saturated rings. The minimum absolute atomic E-state index is 0.117. The van der Waals surface area contributed by atoms with E-state index in [4.69, 9.17) is 23.7 Å². The highest BCUT2D eigenvalue weighted by Gasteiger charge is 2.78. The second kappa shape index (κ2) is 10.4. The molecule has 10 nitrogen and oxygen atoms in total. The molecular weight excluding hydrogens is 580 g/mol. The Morgan fingerprint density at radius 1 is 1.07 bits per heavy atom. The summed E-state index contributed by atoms with van der Waals surface area (Å²) in [7, 11) is 0. The molecule has 238 valence electrons. The summed E-state index contributed by atoms with van der Waals surface area (Å²) in [5.74, 6) is -4.80. The lowest BCUT2D eigenvalue weighted by Gasteiger charge is -2.43. The van der Waals surface area contributed by atoms with E-state index in [1.807, 2.05) is 37.3 Å². The van der Waals surface area contributed by atoms with Gasteiger partial charge in [0.2, 0.25) is 0 Å². The van der Waals surface area contributed by atoms with E-state index in [-0.39, 0.29) is 13.0 Å². The molecule has 2 aromatic carbocycles. The number of carbonyl (C=O) groups is 2. The second-order valence-electron chi connectivity index (χ2n) is 13.2. The van der Waals surface area contributed by atoms with Crippen LogP contribution < -0.4 is 0 Å². The molecule has 3 saturated heterocycles. The number of hydrogen-bond donors (Lipinski definition) is 3. The van der Waals surface area contributed by atoms with Gasteiger partial charge in [0.15, 0.2) is 17.0 Å². The highest BCUT2D eigenvalue weighted by molar-refractivity contribution is 6.05. The van der Waals surface area contributed by atoms with E-state index in [9.17, 15) is 24.9 Å². The molecule has 3 heterocycles. The van der Waals surface area contributed by atoms with Crippen molar-refractivity contribution in [1.29, 1.82) is 0 Å². The SMILES string of the molecule is C=C(C)[C@]12O[C@](c3ccccc3)(OC[C@H](C)[C@H]1OC(=O)c1ccccc1)O[C@@H]2C1CC2C=C(C)C(=O)[C@@]2(O)[C@H](O)[C@@]2(CO)O[C@@H]12. The van der Waals surface area contributed by atoms with E-state index < -0.39 is 83.3 Å². The highest BCUT2D eigenvalue weighted by atomic mass is 16.9. The van der Waals surface area contributed by atoms with Crippen LogP contribution >= 0.6 is 0 Å². The third kappa shape index (κ3) is 4.14. The first-order chi connectivity index (χ1) is 21.4. The van der Waals surface area contributed by atoms with Crippen molar-refractivity contribution in [3.63, 3.8) is 0 Å². The van der Waals surface area contributed by atoms with E-state index in [0.717, 1.165) is 0 Å². The minimum Gasteiger partial charge on any atom is -0.455 e. The van der Waals surface area contributed by atoms with Crippen LogP contribution in [0.3, 0.4) is 0 Å². The summed E-state index contributed by atoms with van der Waals surface area (Å²) in [6, 6.07) is 17.8. The van der Waals surface area contributed by atoms with Crippen LogP contribution in [0.2, 0.25) is 0 Å². The Hall–Kier alpha value is -3.22. The molecule has 0 radical (unpaired) electrons. The first-order valence-corrected chi connectivity index (χ1v) is 15.4. The van der Waals surface area contributed by atoms with Crippen LogP contribution in [-0.2, 0) is 34.5 Å². The molecule has 0 amide bonds. The van der Waals surface area contributed by atoms with E-state index in [1.54, 1.807) is 50.3 Å². The Morgan fingerprint density at radius 2 is 1.73 bits per heavy atom. The number of rotatable bonds is 6. The monoisotopic (exact) mass is 618 g/mol. The predicted octanol–water partition coefficient (Wildman–Crippen LogP) is 2.81. The molecule has 11 atom stereocenters. The number of fused-ring (bicyclic) bond motifs is 4. The normalized spacial score (nSPS) is 43.4. The van der Waals surface area contributed by atoms with Crippen molar-refractivity contribution >= 4 is 11.8 Å². The highest BCUT2D eigenvalue weighted by Crippen LogP contribution is 2.62. The average molecular weight is 619 g/mol. The summed E-state index contributed by atoms with van der Waals surface area (Å²) in [6.07, 6.45) is -2.69. The molecule has 5 aliphatic rings. The van der Waals surface area contributed by atoms with Gasteiger partial charge in [-0.1, -0.05) is 68.1 Å². The summed E-state index contributed by atoms with van der Waals surface area (Å²) in [5.41, 5.74) is -3.60. The van der Waals surface area contributed by atoms with Gasteiger partial charge in [0.1, 0.15) is 23.9 Å². The first kappa shape index (κ1) is 30.4. The smallest absolute Gasteiger partial charge is 0.338 e. The molecule has 2 bridgehead atoms. The van der Waals surface area contributed by atoms with Crippen molar-refractivity contribution in [1.82, 2.24) is 0 Å². The number of ether oxygens (including phenoxy) is 5. The van der Waals surface area contributed by atoms with E-state index >= 15 is 0 Å². The molecule has 0 spiro atoms. The number of aliphatic hydroxyl groups excluding tert-OH is 2. The van der Waals surface area contributed by atoms with Crippen molar-refractivity contribution in [2.24, 2.45) is 17.8 Å². The number of ketones is 1. The van der Waals surface area contributed by atoms with Gasteiger partial charge < -0.3 is 39.0 Å². The van der Waals surface area contributed by atoms with Crippen molar-refractivity contribution in [2.75, 3.05) is 13.2 Å². The molecule has 3 aliphatic heterocycles. The van der Waals surface area contributed by atoms with Gasteiger partial charge in [0.05, 0.1) is 24.9 Å². The fraction of sp³-hybridized carbons (Fsp3) is 0.486. The van der Waals surface area contributed by atoms with Crippen molar-refractivity contribution in [2.45, 2.75) is 74.4 Å². The van der Waals surface area contributed by atoms with Gasteiger partial charge in [-0.3, -0.25) is 4.79 Å². The van der Waals surface area contributed by atoms with Crippen LogP contribution in [0.15, 0.2) is 84.5 Å². The average Bonchev–Trinajstić information content (AvgIpc) is 3.67. The quantitative estimate of drug-likeness (QED) is 0.251. The summed E-state index contributed by atoms with van der Waals surface area (Å²) in [6.45, 7) is 9.07. The Kier molecular flexibility index (Phi) is 7.03. The third-order valence-electron chi connectivity index (χ3n) is 10.5. The second-order valence-corrected chi connectivity index (χ2v) is 13.2. The van der Waals surface area contributed by atoms with Gasteiger partial charge in [-0.15, -0.1) is 0 Å². The number of esters is 1. The fourth-order valence-corrected chi connectivity index (χ4v) is 8.11. The molecule has 2 aliphatic carbocycles. The maximum atomic E-state index is 13.6. The number of benzene rings is 2.